The van der Waals surface area contributed by atoms with E-state index in [1.807, 2.05) is 0 Å². The van der Waals surface area contributed by atoms with Crippen molar-refractivity contribution in [3.63, 3.8) is 0 Å². The molecule has 0 aliphatic heterocycles. The zero-order chi connectivity index (χ0) is 15.3. The van der Waals surface area contributed by atoms with E-state index >= 15 is 0 Å². The first-order valence-corrected chi connectivity index (χ1v) is 9.04. The van der Waals surface area contributed by atoms with Crippen molar-refractivity contribution < 1.29 is 13.2 Å². The fourth-order valence-electron chi connectivity index (χ4n) is 1.66. The SMILES string of the molecule is COCCNCc1nnc(-c2ccc(S(C)(=O)=O)cc2)s1. The number of sulfone groups is 1. The lowest BCUT2D eigenvalue weighted by molar-refractivity contribution is 0.199. The van der Waals surface area contributed by atoms with Crippen molar-refractivity contribution in [2.75, 3.05) is 26.5 Å². The Morgan fingerprint density at radius 1 is 1.24 bits per heavy atom. The van der Waals surface area contributed by atoms with Crippen LogP contribution in [0, 0.1) is 0 Å². The van der Waals surface area contributed by atoms with Gasteiger partial charge in [-0.1, -0.05) is 23.5 Å². The summed E-state index contributed by atoms with van der Waals surface area (Å²) in [5.41, 5.74) is 0.864. The van der Waals surface area contributed by atoms with E-state index in [1.165, 1.54) is 17.6 Å². The minimum atomic E-state index is -3.17. The molecule has 0 bridgehead atoms. The van der Waals surface area contributed by atoms with Crippen LogP contribution in [0.25, 0.3) is 10.6 Å². The molecule has 1 aromatic heterocycles. The first-order chi connectivity index (χ1) is 10.0. The zero-order valence-electron chi connectivity index (χ0n) is 11.9. The summed E-state index contributed by atoms with van der Waals surface area (Å²) >= 11 is 1.48. The normalized spacial score (nSPS) is 11.7. The van der Waals surface area contributed by atoms with Crippen molar-refractivity contribution in [3.8, 4) is 10.6 Å². The van der Waals surface area contributed by atoms with E-state index in [9.17, 15) is 8.42 Å². The van der Waals surface area contributed by atoms with Crippen molar-refractivity contribution in [3.05, 3.63) is 29.3 Å². The molecule has 0 spiro atoms. The summed E-state index contributed by atoms with van der Waals surface area (Å²) in [5, 5.41) is 13.1. The van der Waals surface area contributed by atoms with E-state index in [1.54, 1.807) is 31.4 Å². The summed E-state index contributed by atoms with van der Waals surface area (Å²) in [6.45, 7) is 2.05. The van der Waals surface area contributed by atoms with Crippen LogP contribution in [0.3, 0.4) is 0 Å². The molecule has 0 radical (unpaired) electrons. The third kappa shape index (κ3) is 4.57. The second-order valence-electron chi connectivity index (χ2n) is 4.47. The van der Waals surface area contributed by atoms with Crippen LogP contribution in [-0.4, -0.2) is 45.1 Å². The molecule has 6 nitrogen and oxygen atoms in total. The molecule has 1 N–H and O–H groups in total. The van der Waals surface area contributed by atoms with Gasteiger partial charge in [0.15, 0.2) is 9.84 Å². The maximum Gasteiger partial charge on any atom is 0.175 e. The van der Waals surface area contributed by atoms with Gasteiger partial charge in [-0.15, -0.1) is 10.2 Å². The fraction of sp³-hybridized carbons (Fsp3) is 0.385. The van der Waals surface area contributed by atoms with Gasteiger partial charge in [0, 0.05) is 32.0 Å². The lowest BCUT2D eigenvalue weighted by Crippen LogP contribution is -2.18. The summed E-state index contributed by atoms with van der Waals surface area (Å²) in [5.74, 6) is 0. The molecular formula is C13H17N3O3S2. The zero-order valence-corrected chi connectivity index (χ0v) is 13.5. The van der Waals surface area contributed by atoms with Gasteiger partial charge in [-0.25, -0.2) is 8.42 Å². The van der Waals surface area contributed by atoms with Crippen LogP contribution in [0.5, 0.6) is 0 Å². The Balaban J connectivity index is 2.04. The number of nitrogens with zero attached hydrogens (tertiary/aromatic N) is 2. The Morgan fingerprint density at radius 3 is 2.57 bits per heavy atom. The summed E-state index contributed by atoms with van der Waals surface area (Å²) in [4.78, 5) is 0.303. The van der Waals surface area contributed by atoms with E-state index < -0.39 is 9.84 Å². The number of ether oxygens (including phenoxy) is 1. The van der Waals surface area contributed by atoms with Crippen LogP contribution in [0.4, 0.5) is 0 Å². The molecule has 0 amide bonds. The summed E-state index contributed by atoms with van der Waals surface area (Å²) in [6.07, 6.45) is 1.19. The van der Waals surface area contributed by atoms with Crippen molar-refractivity contribution in [1.82, 2.24) is 15.5 Å². The number of hydrogen-bond donors (Lipinski definition) is 1. The van der Waals surface area contributed by atoms with Crippen molar-refractivity contribution >= 4 is 21.2 Å². The smallest absolute Gasteiger partial charge is 0.175 e. The molecule has 0 fully saturated rings. The molecule has 2 rings (SSSR count). The number of hydrogen-bond acceptors (Lipinski definition) is 7. The monoisotopic (exact) mass is 327 g/mol. The Morgan fingerprint density at radius 2 is 1.95 bits per heavy atom. The first-order valence-electron chi connectivity index (χ1n) is 6.33. The molecule has 8 heteroatoms. The largest absolute Gasteiger partial charge is 0.383 e. The fourth-order valence-corrected chi connectivity index (χ4v) is 3.10. The molecule has 0 saturated carbocycles. The Labute approximate surface area is 128 Å². The van der Waals surface area contributed by atoms with Crippen LogP contribution >= 0.6 is 11.3 Å². The Bertz CT molecular complexity index is 681. The quantitative estimate of drug-likeness (QED) is 0.773. The topological polar surface area (TPSA) is 81.2 Å². The summed E-state index contributed by atoms with van der Waals surface area (Å²) in [7, 11) is -1.51. The second kappa shape index (κ2) is 7.08. The first kappa shape index (κ1) is 16.0. The second-order valence-corrected chi connectivity index (χ2v) is 7.54. The summed E-state index contributed by atoms with van der Waals surface area (Å²) < 4.78 is 27.8. The molecule has 2 aromatic rings. The van der Waals surface area contributed by atoms with Crippen molar-refractivity contribution in [2.45, 2.75) is 11.4 Å². The minimum absolute atomic E-state index is 0.303. The van der Waals surface area contributed by atoms with E-state index in [-0.39, 0.29) is 0 Å². The lowest BCUT2D eigenvalue weighted by atomic mass is 10.2. The predicted molar refractivity (Wildman–Crippen MR) is 82.0 cm³/mol. The van der Waals surface area contributed by atoms with E-state index in [0.29, 0.717) is 18.0 Å². The third-order valence-electron chi connectivity index (χ3n) is 2.76. The third-order valence-corrected chi connectivity index (χ3v) is 4.86. The van der Waals surface area contributed by atoms with Crippen LogP contribution < -0.4 is 5.32 Å². The molecule has 21 heavy (non-hydrogen) atoms. The maximum atomic E-state index is 11.4. The molecule has 0 aliphatic carbocycles. The molecule has 0 atom stereocenters. The molecule has 1 heterocycles. The van der Waals surface area contributed by atoms with E-state index in [4.69, 9.17) is 4.74 Å². The van der Waals surface area contributed by atoms with Gasteiger partial charge < -0.3 is 10.1 Å². The minimum Gasteiger partial charge on any atom is -0.383 e. The van der Waals surface area contributed by atoms with Gasteiger partial charge >= 0.3 is 0 Å². The van der Waals surface area contributed by atoms with Gasteiger partial charge in [-0.05, 0) is 12.1 Å². The average molecular weight is 327 g/mol. The molecule has 114 valence electrons. The van der Waals surface area contributed by atoms with Gasteiger partial charge in [-0.2, -0.15) is 0 Å². The Hall–Kier alpha value is -1.35. The van der Waals surface area contributed by atoms with Gasteiger partial charge in [0.25, 0.3) is 0 Å². The summed E-state index contributed by atoms with van der Waals surface area (Å²) in [6, 6.07) is 6.67. The molecular weight excluding hydrogens is 310 g/mol. The predicted octanol–water partition coefficient (Wildman–Crippen LogP) is 1.34. The van der Waals surface area contributed by atoms with Crippen LogP contribution in [-0.2, 0) is 21.1 Å². The van der Waals surface area contributed by atoms with Gasteiger partial charge in [0.1, 0.15) is 10.0 Å². The van der Waals surface area contributed by atoms with Crippen LogP contribution in [0.2, 0.25) is 0 Å². The standard InChI is InChI=1S/C13H17N3O3S2/c1-19-8-7-14-9-12-15-16-13(20-12)10-3-5-11(6-4-10)21(2,17)18/h3-6,14H,7-9H2,1-2H3. The van der Waals surface area contributed by atoms with Crippen molar-refractivity contribution in [1.29, 1.82) is 0 Å². The lowest BCUT2D eigenvalue weighted by Gasteiger charge is -2.00. The molecule has 1 aromatic carbocycles. The number of rotatable bonds is 7. The van der Waals surface area contributed by atoms with E-state index in [0.717, 1.165) is 22.1 Å². The van der Waals surface area contributed by atoms with Crippen LogP contribution in [0.1, 0.15) is 5.01 Å². The van der Waals surface area contributed by atoms with Gasteiger partial charge in [0.2, 0.25) is 0 Å². The number of methoxy groups -OCH3 is 1. The van der Waals surface area contributed by atoms with Gasteiger partial charge in [0.05, 0.1) is 11.5 Å². The number of nitrogens with one attached hydrogen (secondary N) is 1. The number of aromatic nitrogens is 2. The van der Waals surface area contributed by atoms with Crippen molar-refractivity contribution in [2.24, 2.45) is 0 Å². The average Bonchev–Trinajstić information content (AvgIpc) is 2.92. The van der Waals surface area contributed by atoms with E-state index in [2.05, 4.69) is 15.5 Å². The van der Waals surface area contributed by atoms with Gasteiger partial charge in [-0.3, -0.25) is 0 Å². The highest BCUT2D eigenvalue weighted by molar-refractivity contribution is 7.90. The Kier molecular flexibility index (Phi) is 5.40. The molecule has 0 saturated heterocycles. The highest BCUT2D eigenvalue weighted by Crippen LogP contribution is 2.24. The molecule has 0 unspecified atom stereocenters. The number of benzene rings is 1. The molecule has 0 aliphatic rings. The maximum absolute atomic E-state index is 11.4. The highest BCUT2D eigenvalue weighted by atomic mass is 32.2. The highest BCUT2D eigenvalue weighted by Gasteiger charge is 2.09. The van der Waals surface area contributed by atoms with Crippen LogP contribution in [0.15, 0.2) is 29.2 Å².